The summed E-state index contributed by atoms with van der Waals surface area (Å²) in [5.74, 6) is 1.55. The molecular weight excluding hydrogens is 444 g/mol. The number of fused-ring (bicyclic) bond motifs is 1. The largest absolute Gasteiger partial charge is 0.497 e. The minimum absolute atomic E-state index is 0.0676. The van der Waals surface area contributed by atoms with E-state index in [0.29, 0.717) is 26.2 Å². The molecule has 0 aliphatic carbocycles. The number of nitrogens with zero attached hydrogens (tertiary/aromatic N) is 5. The van der Waals surface area contributed by atoms with Crippen LogP contribution in [0.5, 0.6) is 5.75 Å². The summed E-state index contributed by atoms with van der Waals surface area (Å²) in [6, 6.07) is 15.9. The molecule has 1 aliphatic heterocycles. The summed E-state index contributed by atoms with van der Waals surface area (Å²) in [7, 11) is 1.65. The van der Waals surface area contributed by atoms with Gasteiger partial charge in [0.25, 0.3) is 5.56 Å². The third-order valence-electron chi connectivity index (χ3n) is 6.51. The molecular formula is C26H30N6O3. The highest BCUT2D eigenvalue weighted by Gasteiger charge is 2.22. The highest BCUT2D eigenvalue weighted by atomic mass is 16.5. The van der Waals surface area contributed by atoms with Crippen molar-refractivity contribution in [3.05, 3.63) is 81.4 Å². The Balaban J connectivity index is 1.38. The van der Waals surface area contributed by atoms with E-state index in [1.54, 1.807) is 11.8 Å². The minimum atomic E-state index is -0.0676. The molecule has 1 atom stereocenters. The first-order chi connectivity index (χ1) is 17.1. The number of ether oxygens (including phenoxy) is 2. The first-order valence-corrected chi connectivity index (χ1v) is 11.9. The summed E-state index contributed by atoms with van der Waals surface area (Å²) >= 11 is 0. The first kappa shape index (κ1) is 23.2. The Kier molecular flexibility index (Phi) is 6.87. The van der Waals surface area contributed by atoms with Crippen LogP contribution in [-0.4, -0.2) is 56.5 Å². The van der Waals surface area contributed by atoms with E-state index in [1.807, 2.05) is 55.5 Å². The molecule has 1 aliphatic rings. The summed E-state index contributed by atoms with van der Waals surface area (Å²) in [4.78, 5) is 18.2. The summed E-state index contributed by atoms with van der Waals surface area (Å²) in [6.07, 6.45) is 2.21. The van der Waals surface area contributed by atoms with Gasteiger partial charge < -0.3 is 14.5 Å². The molecule has 0 bridgehead atoms. The molecule has 2 aromatic carbocycles. The van der Waals surface area contributed by atoms with E-state index in [-0.39, 0.29) is 11.7 Å². The minimum Gasteiger partial charge on any atom is -0.497 e. The Hall–Kier alpha value is -3.56. The van der Waals surface area contributed by atoms with E-state index in [2.05, 4.69) is 25.4 Å². The van der Waals surface area contributed by atoms with Gasteiger partial charge in [-0.3, -0.25) is 9.69 Å². The molecule has 0 spiro atoms. The van der Waals surface area contributed by atoms with Gasteiger partial charge in [0.2, 0.25) is 0 Å². The van der Waals surface area contributed by atoms with E-state index in [1.165, 1.54) is 0 Å². The summed E-state index contributed by atoms with van der Waals surface area (Å²) in [6.45, 7) is 5.03. The van der Waals surface area contributed by atoms with Crippen molar-refractivity contribution < 1.29 is 9.47 Å². The topological polar surface area (TPSA) is 98.2 Å². The Bertz CT molecular complexity index is 1340. The fourth-order valence-corrected chi connectivity index (χ4v) is 4.61. The molecule has 182 valence electrons. The second-order valence-corrected chi connectivity index (χ2v) is 9.07. The van der Waals surface area contributed by atoms with Crippen molar-refractivity contribution in [2.45, 2.75) is 45.5 Å². The number of rotatable bonds is 9. The Morgan fingerprint density at radius 3 is 2.83 bits per heavy atom. The molecule has 35 heavy (non-hydrogen) atoms. The number of methoxy groups -OCH3 is 1. The molecule has 9 nitrogen and oxygen atoms in total. The van der Waals surface area contributed by atoms with Gasteiger partial charge >= 0.3 is 0 Å². The van der Waals surface area contributed by atoms with Gasteiger partial charge in [-0.2, -0.15) is 0 Å². The average molecular weight is 475 g/mol. The van der Waals surface area contributed by atoms with Crippen LogP contribution >= 0.6 is 0 Å². The lowest BCUT2D eigenvalue weighted by atomic mass is 10.1. The molecule has 4 aromatic rings. The maximum atomic E-state index is 13.0. The molecule has 0 radical (unpaired) electrons. The van der Waals surface area contributed by atoms with Gasteiger partial charge in [0.1, 0.15) is 5.75 Å². The van der Waals surface area contributed by atoms with Gasteiger partial charge in [0.15, 0.2) is 5.82 Å². The third kappa shape index (κ3) is 5.41. The molecule has 3 heterocycles. The Morgan fingerprint density at radius 1 is 1.20 bits per heavy atom. The number of hydrogen-bond donors (Lipinski definition) is 1. The van der Waals surface area contributed by atoms with Crippen LogP contribution in [0.25, 0.3) is 10.9 Å². The molecule has 1 N–H and O–H groups in total. The van der Waals surface area contributed by atoms with Crippen molar-refractivity contribution in [1.29, 1.82) is 0 Å². The molecule has 1 saturated heterocycles. The predicted molar refractivity (Wildman–Crippen MR) is 132 cm³/mol. The SMILES string of the molecule is COc1ccc(Cn2nnnc2CN(Cc2cc3cccc(C)c3[nH]c2=O)CC2CCCO2)cc1. The van der Waals surface area contributed by atoms with Crippen molar-refractivity contribution in [2.24, 2.45) is 0 Å². The van der Waals surface area contributed by atoms with Crippen molar-refractivity contribution in [3.63, 3.8) is 0 Å². The van der Waals surface area contributed by atoms with Crippen LogP contribution in [0.1, 0.15) is 35.4 Å². The number of hydrogen-bond acceptors (Lipinski definition) is 7. The maximum absolute atomic E-state index is 13.0. The van der Waals surface area contributed by atoms with E-state index >= 15 is 0 Å². The number of aromatic amines is 1. The van der Waals surface area contributed by atoms with Gasteiger partial charge in [-0.05, 0) is 64.9 Å². The van der Waals surface area contributed by atoms with Crippen LogP contribution in [0, 0.1) is 6.92 Å². The van der Waals surface area contributed by atoms with E-state index in [4.69, 9.17) is 9.47 Å². The van der Waals surface area contributed by atoms with Gasteiger partial charge in [-0.15, -0.1) is 5.10 Å². The van der Waals surface area contributed by atoms with Crippen LogP contribution in [0.3, 0.4) is 0 Å². The fourth-order valence-electron chi connectivity index (χ4n) is 4.61. The molecule has 9 heteroatoms. The summed E-state index contributed by atoms with van der Waals surface area (Å²) in [5, 5.41) is 13.5. The normalized spacial score (nSPS) is 15.8. The van der Waals surface area contributed by atoms with E-state index in [0.717, 1.165) is 58.6 Å². The molecule has 1 fully saturated rings. The number of aromatic nitrogens is 5. The number of para-hydroxylation sites is 1. The van der Waals surface area contributed by atoms with Crippen molar-refractivity contribution >= 4 is 10.9 Å². The zero-order valence-corrected chi connectivity index (χ0v) is 20.1. The zero-order chi connectivity index (χ0) is 24.2. The number of aryl methyl sites for hydroxylation is 1. The number of pyridine rings is 1. The van der Waals surface area contributed by atoms with E-state index in [9.17, 15) is 4.79 Å². The number of nitrogens with one attached hydrogen (secondary N) is 1. The highest BCUT2D eigenvalue weighted by molar-refractivity contribution is 5.81. The van der Waals surface area contributed by atoms with Crippen molar-refractivity contribution in [1.82, 2.24) is 30.1 Å². The number of H-pyrrole nitrogens is 1. The lowest BCUT2D eigenvalue weighted by Gasteiger charge is -2.24. The Morgan fingerprint density at radius 2 is 2.06 bits per heavy atom. The van der Waals surface area contributed by atoms with Gasteiger partial charge in [0.05, 0.1) is 31.8 Å². The highest BCUT2D eigenvalue weighted by Crippen LogP contribution is 2.19. The second kappa shape index (κ2) is 10.4. The lowest BCUT2D eigenvalue weighted by molar-refractivity contribution is 0.0663. The van der Waals surface area contributed by atoms with Crippen LogP contribution in [-0.2, 0) is 24.4 Å². The van der Waals surface area contributed by atoms with Gasteiger partial charge in [0, 0.05) is 25.3 Å². The predicted octanol–water partition coefficient (Wildman–Crippen LogP) is 3.06. The van der Waals surface area contributed by atoms with Gasteiger partial charge in [-0.1, -0.05) is 30.3 Å². The maximum Gasteiger partial charge on any atom is 0.252 e. The third-order valence-corrected chi connectivity index (χ3v) is 6.51. The lowest BCUT2D eigenvalue weighted by Crippen LogP contribution is -2.34. The van der Waals surface area contributed by atoms with Crippen LogP contribution in [0.15, 0.2) is 53.3 Å². The standard InChI is InChI=1S/C26H30N6O3/c1-18-5-3-6-20-13-21(26(33)27-25(18)20)15-31(16-23-7-4-12-35-23)17-24-28-29-30-32(24)14-19-8-10-22(34-2)11-9-19/h3,5-6,8-11,13,23H,4,7,12,14-17H2,1-2H3,(H,27,33). The average Bonchev–Trinajstić information content (AvgIpc) is 3.53. The van der Waals surface area contributed by atoms with Crippen LogP contribution < -0.4 is 10.3 Å². The molecule has 1 unspecified atom stereocenters. The Labute approximate surface area is 203 Å². The number of tetrazole rings is 1. The zero-order valence-electron chi connectivity index (χ0n) is 20.1. The molecule has 0 saturated carbocycles. The monoisotopic (exact) mass is 474 g/mol. The second-order valence-electron chi connectivity index (χ2n) is 9.07. The molecule has 0 amide bonds. The summed E-state index contributed by atoms with van der Waals surface area (Å²) < 4.78 is 13.0. The van der Waals surface area contributed by atoms with Crippen LogP contribution in [0.4, 0.5) is 0 Å². The van der Waals surface area contributed by atoms with Crippen molar-refractivity contribution in [2.75, 3.05) is 20.3 Å². The van der Waals surface area contributed by atoms with E-state index < -0.39 is 0 Å². The smallest absolute Gasteiger partial charge is 0.252 e. The molecule has 5 rings (SSSR count). The fraction of sp³-hybridized carbons (Fsp3) is 0.385. The summed E-state index contributed by atoms with van der Waals surface area (Å²) in [5.41, 5.74) is 3.67. The van der Waals surface area contributed by atoms with Gasteiger partial charge in [-0.25, -0.2) is 4.68 Å². The number of benzene rings is 2. The van der Waals surface area contributed by atoms with Crippen molar-refractivity contribution in [3.8, 4) is 5.75 Å². The van der Waals surface area contributed by atoms with Crippen LogP contribution in [0.2, 0.25) is 0 Å². The molecule has 2 aromatic heterocycles. The quantitative estimate of drug-likeness (QED) is 0.398. The first-order valence-electron chi connectivity index (χ1n) is 11.9.